The third-order valence-electron chi connectivity index (χ3n) is 3.05. The van der Waals surface area contributed by atoms with E-state index in [4.69, 9.17) is 14.6 Å². The fourth-order valence-electron chi connectivity index (χ4n) is 1.79. The van der Waals surface area contributed by atoms with Crippen molar-refractivity contribution in [2.24, 2.45) is 0 Å². The molecule has 1 amide bonds. The molecule has 146 valence electrons. The molecule has 7 nitrogen and oxygen atoms in total. The maximum atomic E-state index is 11.6. The van der Waals surface area contributed by atoms with E-state index in [9.17, 15) is 9.59 Å². The summed E-state index contributed by atoms with van der Waals surface area (Å²) >= 11 is 0. The van der Waals surface area contributed by atoms with Crippen LogP contribution in [0.2, 0.25) is 0 Å². The SMILES string of the molecule is O=C(COCCOC(=O)CCCCCO)NCCSSc1ccccn1. The van der Waals surface area contributed by atoms with Crippen molar-refractivity contribution in [3.05, 3.63) is 24.4 Å². The Morgan fingerprint density at radius 3 is 2.85 bits per heavy atom. The van der Waals surface area contributed by atoms with Gasteiger partial charge in [-0.05, 0) is 35.8 Å². The number of hydrogen-bond acceptors (Lipinski definition) is 8. The zero-order valence-corrected chi connectivity index (χ0v) is 16.4. The second-order valence-corrected chi connectivity index (χ2v) is 7.67. The van der Waals surface area contributed by atoms with Crippen LogP contribution in [0.25, 0.3) is 0 Å². The zero-order valence-electron chi connectivity index (χ0n) is 14.7. The molecular weight excluding hydrogens is 376 g/mol. The van der Waals surface area contributed by atoms with E-state index in [0.717, 1.165) is 17.2 Å². The van der Waals surface area contributed by atoms with Crippen LogP contribution in [-0.2, 0) is 19.1 Å². The molecule has 0 aliphatic heterocycles. The Bertz CT molecular complexity index is 505. The van der Waals surface area contributed by atoms with Crippen molar-refractivity contribution in [1.29, 1.82) is 0 Å². The van der Waals surface area contributed by atoms with E-state index < -0.39 is 0 Å². The average Bonchev–Trinajstić information content (AvgIpc) is 2.65. The fourth-order valence-corrected chi connectivity index (χ4v) is 3.58. The topological polar surface area (TPSA) is 97.8 Å². The highest BCUT2D eigenvalue weighted by molar-refractivity contribution is 8.76. The first-order chi connectivity index (χ1) is 12.7. The number of aliphatic hydroxyl groups is 1. The molecule has 26 heavy (non-hydrogen) atoms. The number of unbranched alkanes of at least 4 members (excludes halogenated alkanes) is 2. The summed E-state index contributed by atoms with van der Waals surface area (Å²) in [6.07, 6.45) is 4.30. The molecule has 0 fully saturated rings. The van der Waals surface area contributed by atoms with Crippen LogP contribution in [0.3, 0.4) is 0 Å². The molecule has 0 unspecified atom stereocenters. The first kappa shape index (κ1) is 22.8. The summed E-state index contributed by atoms with van der Waals surface area (Å²) in [5.74, 6) is 0.295. The lowest BCUT2D eigenvalue weighted by molar-refractivity contribution is -0.145. The van der Waals surface area contributed by atoms with Gasteiger partial charge in [0, 0.05) is 31.5 Å². The van der Waals surface area contributed by atoms with Crippen LogP contribution in [0, 0.1) is 0 Å². The number of rotatable bonds is 15. The summed E-state index contributed by atoms with van der Waals surface area (Å²) in [7, 11) is 3.19. The number of hydrogen-bond donors (Lipinski definition) is 2. The Morgan fingerprint density at radius 2 is 2.08 bits per heavy atom. The minimum atomic E-state index is -0.279. The fraction of sp³-hybridized carbons (Fsp3) is 0.588. The predicted octanol–water partition coefficient (Wildman–Crippen LogP) is 2.05. The Labute approximate surface area is 162 Å². The number of amides is 1. The highest BCUT2D eigenvalue weighted by Gasteiger charge is 2.04. The average molecular weight is 403 g/mol. The van der Waals surface area contributed by atoms with Gasteiger partial charge in [0.1, 0.15) is 18.2 Å². The van der Waals surface area contributed by atoms with Crippen LogP contribution in [0.1, 0.15) is 25.7 Å². The molecule has 1 aromatic rings. The number of ether oxygens (including phenoxy) is 2. The number of pyridine rings is 1. The third-order valence-corrected chi connectivity index (χ3v) is 5.32. The third kappa shape index (κ3) is 13.0. The normalized spacial score (nSPS) is 10.5. The molecule has 0 spiro atoms. The molecule has 0 atom stereocenters. The van der Waals surface area contributed by atoms with Gasteiger partial charge in [-0.25, -0.2) is 4.98 Å². The number of carbonyl (C=O) groups is 2. The smallest absolute Gasteiger partial charge is 0.305 e. The van der Waals surface area contributed by atoms with Gasteiger partial charge in [0.25, 0.3) is 0 Å². The first-order valence-corrected chi connectivity index (χ1v) is 10.9. The molecule has 0 aliphatic carbocycles. The Kier molecular flexibility index (Phi) is 13.9. The van der Waals surface area contributed by atoms with E-state index in [2.05, 4.69) is 10.3 Å². The highest BCUT2D eigenvalue weighted by Crippen LogP contribution is 2.28. The van der Waals surface area contributed by atoms with Crippen molar-refractivity contribution in [2.75, 3.05) is 38.7 Å². The van der Waals surface area contributed by atoms with Gasteiger partial charge < -0.3 is 19.9 Å². The Balaban J connectivity index is 1.88. The molecule has 1 aromatic heterocycles. The monoisotopic (exact) mass is 402 g/mol. The van der Waals surface area contributed by atoms with Gasteiger partial charge in [-0.2, -0.15) is 0 Å². The van der Waals surface area contributed by atoms with E-state index >= 15 is 0 Å². The second kappa shape index (κ2) is 15.9. The summed E-state index contributed by atoms with van der Waals surface area (Å²) in [4.78, 5) is 27.2. The molecule has 0 radical (unpaired) electrons. The summed E-state index contributed by atoms with van der Waals surface area (Å²) in [6.45, 7) is 0.983. The van der Waals surface area contributed by atoms with E-state index in [-0.39, 0.29) is 38.3 Å². The molecule has 0 aliphatic rings. The molecular formula is C17H26N2O5S2. The van der Waals surface area contributed by atoms with E-state index in [1.54, 1.807) is 27.8 Å². The zero-order chi connectivity index (χ0) is 18.9. The van der Waals surface area contributed by atoms with Crippen LogP contribution >= 0.6 is 21.6 Å². The molecule has 1 heterocycles. The van der Waals surface area contributed by atoms with Crippen molar-refractivity contribution in [3.8, 4) is 0 Å². The second-order valence-electron chi connectivity index (χ2n) is 5.23. The lowest BCUT2D eigenvalue weighted by atomic mass is 10.2. The molecule has 0 saturated heterocycles. The van der Waals surface area contributed by atoms with Crippen molar-refractivity contribution < 1.29 is 24.2 Å². The molecule has 0 saturated carbocycles. The van der Waals surface area contributed by atoms with Crippen LogP contribution in [0.5, 0.6) is 0 Å². The number of esters is 1. The van der Waals surface area contributed by atoms with Gasteiger partial charge in [0.05, 0.1) is 6.61 Å². The van der Waals surface area contributed by atoms with Gasteiger partial charge in [-0.15, -0.1) is 0 Å². The quantitative estimate of drug-likeness (QED) is 0.261. The molecule has 0 aromatic carbocycles. The number of nitrogens with zero attached hydrogens (tertiary/aromatic N) is 1. The number of carbonyl (C=O) groups excluding carboxylic acids is 2. The largest absolute Gasteiger partial charge is 0.463 e. The molecule has 2 N–H and O–H groups in total. The maximum Gasteiger partial charge on any atom is 0.305 e. The molecule has 9 heteroatoms. The maximum absolute atomic E-state index is 11.6. The Morgan fingerprint density at radius 1 is 1.19 bits per heavy atom. The lowest BCUT2D eigenvalue weighted by Crippen LogP contribution is -2.30. The van der Waals surface area contributed by atoms with Gasteiger partial charge >= 0.3 is 5.97 Å². The van der Waals surface area contributed by atoms with Crippen LogP contribution in [0.15, 0.2) is 29.4 Å². The minimum absolute atomic E-state index is 0.0495. The summed E-state index contributed by atoms with van der Waals surface area (Å²) in [5.41, 5.74) is 0. The van der Waals surface area contributed by atoms with Crippen molar-refractivity contribution >= 4 is 33.5 Å². The van der Waals surface area contributed by atoms with Gasteiger partial charge in [-0.3, -0.25) is 9.59 Å². The van der Waals surface area contributed by atoms with Crippen molar-refractivity contribution in [1.82, 2.24) is 10.3 Å². The first-order valence-electron chi connectivity index (χ1n) is 8.54. The number of aromatic nitrogens is 1. The predicted molar refractivity (Wildman–Crippen MR) is 103 cm³/mol. The summed E-state index contributed by atoms with van der Waals surface area (Å²) < 4.78 is 10.2. The van der Waals surface area contributed by atoms with Crippen molar-refractivity contribution in [2.45, 2.75) is 30.7 Å². The highest BCUT2D eigenvalue weighted by atomic mass is 33.1. The Hall–Kier alpha value is -1.29. The van der Waals surface area contributed by atoms with Crippen molar-refractivity contribution in [3.63, 3.8) is 0 Å². The number of nitrogens with one attached hydrogen (secondary N) is 1. The van der Waals surface area contributed by atoms with E-state index in [1.165, 1.54) is 0 Å². The van der Waals surface area contributed by atoms with Gasteiger partial charge in [0.15, 0.2) is 0 Å². The van der Waals surface area contributed by atoms with Crippen LogP contribution < -0.4 is 5.32 Å². The number of aliphatic hydroxyl groups excluding tert-OH is 1. The minimum Gasteiger partial charge on any atom is -0.463 e. The van der Waals surface area contributed by atoms with Crippen LogP contribution in [-0.4, -0.2) is 60.7 Å². The molecule has 0 bridgehead atoms. The standard InChI is InChI=1S/C17H26N2O5S2/c20-10-5-1-2-7-17(22)24-12-11-23-14-15(21)18-9-13-25-26-16-6-3-4-8-19-16/h3-4,6,8,20H,1-2,5,7,9-14H2,(H,18,21). The van der Waals surface area contributed by atoms with Gasteiger partial charge in [0.2, 0.25) is 5.91 Å². The van der Waals surface area contributed by atoms with Gasteiger partial charge in [-0.1, -0.05) is 23.3 Å². The summed E-state index contributed by atoms with van der Waals surface area (Å²) in [5, 5.41) is 12.3. The molecule has 1 rings (SSSR count). The van der Waals surface area contributed by atoms with Crippen LogP contribution in [0.4, 0.5) is 0 Å². The van der Waals surface area contributed by atoms with E-state index in [0.29, 0.717) is 25.8 Å². The summed E-state index contributed by atoms with van der Waals surface area (Å²) in [6, 6.07) is 5.74. The lowest BCUT2D eigenvalue weighted by Gasteiger charge is -2.07. The van der Waals surface area contributed by atoms with E-state index in [1.807, 2.05) is 18.2 Å².